The molecule has 0 N–H and O–H groups in total. The lowest BCUT2D eigenvalue weighted by atomic mass is 10.1. The maximum Gasteiger partial charge on any atom is 0.185 e. The zero-order chi connectivity index (χ0) is 13.0. The van der Waals surface area contributed by atoms with Gasteiger partial charge in [0.05, 0.1) is 15.4 Å². The minimum Gasteiger partial charge on any atom is -0.289 e. The minimum absolute atomic E-state index is 0.0657. The predicted molar refractivity (Wildman–Crippen MR) is 76.5 cm³/mol. The van der Waals surface area contributed by atoms with Gasteiger partial charge in [-0.15, -0.1) is 11.3 Å². The summed E-state index contributed by atoms with van der Waals surface area (Å²) in [6.45, 7) is 0. The van der Waals surface area contributed by atoms with Gasteiger partial charge < -0.3 is 0 Å². The second kappa shape index (κ2) is 5.76. The Labute approximate surface area is 117 Å². The molecular weight excluding hydrogens is 310 g/mol. The fourth-order valence-corrected chi connectivity index (χ4v) is 2.71. The van der Waals surface area contributed by atoms with Crippen molar-refractivity contribution < 1.29 is 4.79 Å². The molecule has 1 aromatic carbocycles. The summed E-state index contributed by atoms with van der Waals surface area (Å²) in [5, 5.41) is 8.67. The number of ketones is 1. The number of rotatable bonds is 3. The van der Waals surface area contributed by atoms with Gasteiger partial charge in [-0.25, -0.2) is 0 Å². The third kappa shape index (κ3) is 3.16. The zero-order valence-corrected chi connectivity index (χ0v) is 11.7. The number of nitrogens with zero attached hydrogens (tertiary/aromatic N) is 1. The number of hydrogen-bond acceptors (Lipinski definition) is 3. The number of carbonyl (C=O) groups is 1. The van der Waals surface area contributed by atoms with Crippen LogP contribution < -0.4 is 0 Å². The number of benzene rings is 1. The van der Waals surface area contributed by atoms with Gasteiger partial charge in [0.25, 0.3) is 0 Å². The molecule has 0 fully saturated rings. The average Bonchev–Trinajstić information content (AvgIpc) is 2.82. The van der Waals surface area contributed by atoms with E-state index in [9.17, 15) is 4.79 Å². The van der Waals surface area contributed by atoms with Gasteiger partial charge in [0.2, 0.25) is 0 Å². The topological polar surface area (TPSA) is 40.9 Å². The van der Waals surface area contributed by atoms with Gasteiger partial charge in [-0.3, -0.25) is 4.79 Å². The number of carbonyl (C=O) groups excluding carboxylic acids is 1. The first-order valence-corrected chi connectivity index (χ1v) is 6.78. The van der Waals surface area contributed by atoms with E-state index in [0.29, 0.717) is 11.1 Å². The molecule has 1 aromatic heterocycles. The number of thiophene rings is 1. The Hall–Kier alpha value is -1.70. The van der Waals surface area contributed by atoms with Gasteiger partial charge in [0, 0.05) is 10.4 Å². The highest BCUT2D eigenvalue weighted by molar-refractivity contribution is 9.11. The molecule has 2 aromatic rings. The lowest BCUT2D eigenvalue weighted by molar-refractivity contribution is 0.104. The van der Waals surface area contributed by atoms with Crippen LogP contribution in [-0.4, -0.2) is 5.78 Å². The van der Waals surface area contributed by atoms with Gasteiger partial charge in [-0.05, 0) is 64.5 Å². The second-order valence-corrected chi connectivity index (χ2v) is 6.02. The van der Waals surface area contributed by atoms with E-state index in [0.717, 1.165) is 8.66 Å². The molecule has 0 aliphatic carbocycles. The fraction of sp³-hybridized carbons (Fsp3) is 0. The van der Waals surface area contributed by atoms with E-state index >= 15 is 0 Å². The van der Waals surface area contributed by atoms with Crippen LogP contribution >= 0.6 is 27.3 Å². The standard InChI is InChI=1S/C14H8BrNOS/c15-14-8-6-12(18-14)5-7-13(17)11-3-1-10(9-16)2-4-11/h1-8H/b7-5+. The van der Waals surface area contributed by atoms with E-state index < -0.39 is 0 Å². The average molecular weight is 318 g/mol. The first-order valence-electron chi connectivity index (χ1n) is 5.17. The Morgan fingerprint density at radius 3 is 2.50 bits per heavy atom. The van der Waals surface area contributed by atoms with Crippen LogP contribution in [0.2, 0.25) is 0 Å². The van der Waals surface area contributed by atoms with Crippen LogP contribution in [0.5, 0.6) is 0 Å². The molecule has 1 heterocycles. The molecule has 0 aliphatic heterocycles. The molecule has 2 nitrogen and oxygen atoms in total. The van der Waals surface area contributed by atoms with Crippen molar-refractivity contribution in [3.8, 4) is 6.07 Å². The van der Waals surface area contributed by atoms with Crippen molar-refractivity contribution in [2.24, 2.45) is 0 Å². The highest BCUT2D eigenvalue weighted by Crippen LogP contribution is 2.23. The molecule has 0 radical (unpaired) electrons. The van der Waals surface area contributed by atoms with Gasteiger partial charge in [-0.1, -0.05) is 0 Å². The molecule has 0 saturated carbocycles. The van der Waals surface area contributed by atoms with Crippen LogP contribution in [0, 0.1) is 11.3 Å². The molecule has 0 aliphatic rings. The Morgan fingerprint density at radius 2 is 1.94 bits per heavy atom. The van der Waals surface area contributed by atoms with Crippen LogP contribution in [-0.2, 0) is 0 Å². The fourth-order valence-electron chi connectivity index (χ4n) is 1.38. The third-order valence-corrected chi connectivity index (χ3v) is 3.88. The smallest absolute Gasteiger partial charge is 0.185 e. The van der Waals surface area contributed by atoms with Crippen molar-refractivity contribution in [3.63, 3.8) is 0 Å². The number of hydrogen-bond donors (Lipinski definition) is 0. The van der Waals surface area contributed by atoms with Gasteiger partial charge >= 0.3 is 0 Å². The lowest BCUT2D eigenvalue weighted by Gasteiger charge is -1.95. The summed E-state index contributed by atoms with van der Waals surface area (Å²) < 4.78 is 1.04. The summed E-state index contributed by atoms with van der Waals surface area (Å²) in [4.78, 5) is 12.9. The van der Waals surface area contributed by atoms with Crippen molar-refractivity contribution >= 4 is 39.1 Å². The van der Waals surface area contributed by atoms with E-state index in [2.05, 4.69) is 15.9 Å². The first kappa shape index (κ1) is 12.7. The monoisotopic (exact) mass is 317 g/mol. The molecule has 0 saturated heterocycles. The molecule has 2 rings (SSSR count). The minimum atomic E-state index is -0.0657. The quantitative estimate of drug-likeness (QED) is 0.626. The predicted octanol–water partition coefficient (Wildman–Crippen LogP) is 4.28. The molecular formula is C14H8BrNOS. The molecule has 88 valence electrons. The second-order valence-electron chi connectivity index (χ2n) is 3.53. The summed E-state index contributed by atoms with van der Waals surface area (Å²) in [5.41, 5.74) is 1.14. The summed E-state index contributed by atoms with van der Waals surface area (Å²) in [6.07, 6.45) is 3.33. The molecule has 0 atom stereocenters. The Kier molecular flexibility index (Phi) is 4.08. The molecule has 0 spiro atoms. The Morgan fingerprint density at radius 1 is 1.22 bits per heavy atom. The molecule has 18 heavy (non-hydrogen) atoms. The highest BCUT2D eigenvalue weighted by Gasteiger charge is 2.01. The van der Waals surface area contributed by atoms with Gasteiger partial charge in [-0.2, -0.15) is 5.26 Å². The summed E-state index contributed by atoms with van der Waals surface area (Å²) >= 11 is 4.93. The first-order chi connectivity index (χ1) is 8.69. The van der Waals surface area contributed by atoms with Crippen molar-refractivity contribution in [1.82, 2.24) is 0 Å². The summed E-state index contributed by atoms with van der Waals surface area (Å²) in [7, 11) is 0. The van der Waals surface area contributed by atoms with E-state index in [1.54, 1.807) is 47.8 Å². The summed E-state index contributed by atoms with van der Waals surface area (Å²) in [6, 6.07) is 12.5. The van der Waals surface area contributed by atoms with Crippen molar-refractivity contribution in [2.45, 2.75) is 0 Å². The van der Waals surface area contributed by atoms with Crippen LogP contribution in [0.4, 0.5) is 0 Å². The van der Waals surface area contributed by atoms with Gasteiger partial charge in [0.15, 0.2) is 5.78 Å². The van der Waals surface area contributed by atoms with Crippen LogP contribution in [0.25, 0.3) is 6.08 Å². The van der Waals surface area contributed by atoms with E-state index in [4.69, 9.17) is 5.26 Å². The highest BCUT2D eigenvalue weighted by atomic mass is 79.9. The lowest BCUT2D eigenvalue weighted by Crippen LogP contribution is -1.93. The number of halogens is 1. The van der Waals surface area contributed by atoms with Crippen LogP contribution in [0.1, 0.15) is 20.8 Å². The van der Waals surface area contributed by atoms with Gasteiger partial charge in [0.1, 0.15) is 0 Å². The molecule has 4 heteroatoms. The molecule has 0 bridgehead atoms. The van der Waals surface area contributed by atoms with E-state index in [1.165, 1.54) is 0 Å². The SMILES string of the molecule is N#Cc1ccc(C(=O)/C=C/c2ccc(Br)s2)cc1. The van der Waals surface area contributed by atoms with Crippen LogP contribution in [0.3, 0.4) is 0 Å². The van der Waals surface area contributed by atoms with Crippen molar-refractivity contribution in [3.05, 3.63) is 62.3 Å². The Balaban J connectivity index is 2.12. The van der Waals surface area contributed by atoms with E-state index in [1.807, 2.05) is 18.2 Å². The largest absolute Gasteiger partial charge is 0.289 e. The van der Waals surface area contributed by atoms with Crippen molar-refractivity contribution in [1.29, 1.82) is 5.26 Å². The number of allylic oxidation sites excluding steroid dienone is 1. The number of nitriles is 1. The van der Waals surface area contributed by atoms with E-state index in [-0.39, 0.29) is 5.78 Å². The van der Waals surface area contributed by atoms with Crippen molar-refractivity contribution in [2.75, 3.05) is 0 Å². The molecule has 0 unspecified atom stereocenters. The maximum absolute atomic E-state index is 11.8. The third-order valence-electron chi connectivity index (χ3n) is 2.29. The zero-order valence-electron chi connectivity index (χ0n) is 9.26. The summed E-state index contributed by atoms with van der Waals surface area (Å²) in [5.74, 6) is -0.0657. The molecule has 0 amide bonds. The van der Waals surface area contributed by atoms with Crippen LogP contribution in [0.15, 0.2) is 46.3 Å². The Bertz CT molecular complexity index is 635. The normalized spacial score (nSPS) is 10.4. The maximum atomic E-state index is 11.8.